The van der Waals surface area contributed by atoms with E-state index in [1.54, 1.807) is 37.6 Å². The van der Waals surface area contributed by atoms with E-state index in [4.69, 9.17) is 5.73 Å². The van der Waals surface area contributed by atoms with E-state index in [2.05, 4.69) is 15.0 Å². The van der Waals surface area contributed by atoms with Crippen molar-refractivity contribution in [3.63, 3.8) is 0 Å². The predicted molar refractivity (Wildman–Crippen MR) is 118 cm³/mol. The molecule has 6 nitrogen and oxygen atoms in total. The fourth-order valence-electron chi connectivity index (χ4n) is 3.09. The third kappa shape index (κ3) is 3.82. The molecule has 7 heteroatoms. The minimum Gasteiger partial charge on any atom is -0.404 e. The summed E-state index contributed by atoms with van der Waals surface area (Å²) in [5.74, 6) is -0.819. The van der Waals surface area contributed by atoms with Gasteiger partial charge in [-0.2, -0.15) is 0 Å². The molecular formula is C23H22FN5O. The largest absolute Gasteiger partial charge is 0.404 e. The smallest absolute Gasteiger partial charge is 0.211 e. The van der Waals surface area contributed by atoms with Crippen molar-refractivity contribution >= 4 is 34.1 Å². The van der Waals surface area contributed by atoms with Crippen LogP contribution in [0.3, 0.4) is 0 Å². The molecule has 0 saturated carbocycles. The molecule has 0 aliphatic heterocycles. The second kappa shape index (κ2) is 9.09. The van der Waals surface area contributed by atoms with Gasteiger partial charge in [0.25, 0.3) is 0 Å². The molecule has 0 fully saturated rings. The molecule has 0 radical (unpaired) electrons. The zero-order valence-corrected chi connectivity index (χ0v) is 17.0. The van der Waals surface area contributed by atoms with Crippen LogP contribution in [0.5, 0.6) is 0 Å². The van der Waals surface area contributed by atoms with Gasteiger partial charge in [0.2, 0.25) is 5.78 Å². The van der Waals surface area contributed by atoms with E-state index in [0.717, 1.165) is 10.9 Å². The summed E-state index contributed by atoms with van der Waals surface area (Å²) in [5, 5.41) is 0.849. The number of ketones is 1. The first-order valence-electron chi connectivity index (χ1n) is 9.53. The minimum atomic E-state index is -0.553. The number of nitrogens with two attached hydrogens (primary N) is 1. The van der Waals surface area contributed by atoms with Crippen LogP contribution in [0, 0.1) is 5.82 Å². The van der Waals surface area contributed by atoms with Crippen molar-refractivity contribution in [2.75, 3.05) is 7.05 Å². The molecule has 0 unspecified atom stereocenters. The number of hydrogen-bond acceptors (Lipinski definition) is 5. The van der Waals surface area contributed by atoms with E-state index in [1.807, 2.05) is 26.0 Å². The van der Waals surface area contributed by atoms with Crippen LogP contribution in [0.25, 0.3) is 22.1 Å². The van der Waals surface area contributed by atoms with Crippen LogP contribution in [0.4, 0.5) is 4.39 Å². The molecule has 2 N–H and O–H groups in total. The highest BCUT2D eigenvalue weighted by molar-refractivity contribution is 6.11. The van der Waals surface area contributed by atoms with Crippen molar-refractivity contribution in [1.82, 2.24) is 14.4 Å². The van der Waals surface area contributed by atoms with Gasteiger partial charge in [-0.15, -0.1) is 0 Å². The Morgan fingerprint density at radius 1 is 1.17 bits per heavy atom. The van der Waals surface area contributed by atoms with Crippen molar-refractivity contribution in [2.24, 2.45) is 10.7 Å². The van der Waals surface area contributed by atoms with Crippen LogP contribution in [0.2, 0.25) is 0 Å². The van der Waals surface area contributed by atoms with Gasteiger partial charge < -0.3 is 5.73 Å². The molecule has 3 heterocycles. The standard InChI is InChI=1S/C21H16FN5O.C2H6/c1-24-10-16(9-23)15-8-17(22)21-26-11-19(27(21)12-15)20(28)14-4-5-18-13(7-14)3-2-6-25-18;1-2/h2-12H,23H2,1H3;1-2H3/b16-9+,24-10?;. The Balaban J connectivity index is 0.00000124. The van der Waals surface area contributed by atoms with Crippen LogP contribution in [-0.2, 0) is 0 Å². The van der Waals surface area contributed by atoms with Gasteiger partial charge in [0.1, 0.15) is 5.69 Å². The average molecular weight is 403 g/mol. The summed E-state index contributed by atoms with van der Waals surface area (Å²) in [6.07, 6.45) is 7.55. The number of halogens is 1. The van der Waals surface area contributed by atoms with E-state index < -0.39 is 5.82 Å². The second-order valence-corrected chi connectivity index (χ2v) is 6.16. The van der Waals surface area contributed by atoms with Gasteiger partial charge in [-0.25, -0.2) is 9.37 Å². The molecule has 30 heavy (non-hydrogen) atoms. The van der Waals surface area contributed by atoms with Gasteiger partial charge in [-0.05, 0) is 30.3 Å². The van der Waals surface area contributed by atoms with Crippen molar-refractivity contribution < 1.29 is 9.18 Å². The topological polar surface area (TPSA) is 85.6 Å². The summed E-state index contributed by atoms with van der Waals surface area (Å²) in [4.78, 5) is 25.3. The maximum absolute atomic E-state index is 14.6. The molecule has 1 aromatic carbocycles. The number of imidazole rings is 1. The molecular weight excluding hydrogens is 381 g/mol. The normalized spacial score (nSPS) is 11.7. The summed E-state index contributed by atoms with van der Waals surface area (Å²) in [7, 11) is 1.60. The van der Waals surface area contributed by atoms with Gasteiger partial charge in [0, 0.05) is 53.9 Å². The molecule has 4 rings (SSSR count). The van der Waals surface area contributed by atoms with Crippen LogP contribution in [0.1, 0.15) is 35.5 Å². The fraction of sp³-hybridized carbons (Fsp3) is 0.130. The average Bonchev–Trinajstić information content (AvgIpc) is 3.22. The summed E-state index contributed by atoms with van der Waals surface area (Å²) in [5.41, 5.74) is 8.24. The van der Waals surface area contributed by atoms with Gasteiger partial charge in [0.05, 0.1) is 11.7 Å². The van der Waals surface area contributed by atoms with Crippen LogP contribution >= 0.6 is 0 Å². The van der Waals surface area contributed by atoms with Gasteiger partial charge >= 0.3 is 0 Å². The molecule has 0 aliphatic rings. The predicted octanol–water partition coefficient (Wildman–Crippen LogP) is 4.28. The summed E-state index contributed by atoms with van der Waals surface area (Å²) in [6.45, 7) is 4.00. The van der Waals surface area contributed by atoms with E-state index in [-0.39, 0.29) is 17.1 Å². The first-order chi connectivity index (χ1) is 14.6. The molecule has 0 atom stereocenters. The number of carbonyl (C=O) groups excluding carboxylic acids is 1. The maximum Gasteiger partial charge on any atom is 0.211 e. The molecule has 0 aliphatic carbocycles. The quantitative estimate of drug-likeness (QED) is 0.407. The Morgan fingerprint density at radius 3 is 2.70 bits per heavy atom. The molecule has 0 amide bonds. The first-order valence-corrected chi connectivity index (χ1v) is 9.53. The van der Waals surface area contributed by atoms with Crippen LogP contribution in [0.15, 0.2) is 66.2 Å². The monoisotopic (exact) mass is 403 g/mol. The third-order valence-corrected chi connectivity index (χ3v) is 4.44. The third-order valence-electron chi connectivity index (χ3n) is 4.44. The van der Waals surface area contributed by atoms with E-state index in [9.17, 15) is 9.18 Å². The Bertz CT molecular complexity index is 1270. The number of carbonyl (C=O) groups is 1. The van der Waals surface area contributed by atoms with Gasteiger partial charge in [-0.1, -0.05) is 19.9 Å². The Hall–Kier alpha value is -3.87. The minimum absolute atomic E-state index is 0.0689. The number of nitrogens with zero attached hydrogens (tertiary/aromatic N) is 4. The van der Waals surface area contributed by atoms with Crippen LogP contribution in [-0.4, -0.2) is 33.4 Å². The van der Waals surface area contributed by atoms with Crippen molar-refractivity contribution in [2.45, 2.75) is 13.8 Å². The van der Waals surface area contributed by atoms with E-state index in [1.165, 1.54) is 29.1 Å². The van der Waals surface area contributed by atoms with Crippen molar-refractivity contribution in [3.8, 4) is 0 Å². The fourth-order valence-corrected chi connectivity index (χ4v) is 3.09. The Kier molecular flexibility index (Phi) is 6.32. The highest BCUT2D eigenvalue weighted by Gasteiger charge is 2.18. The van der Waals surface area contributed by atoms with Gasteiger partial charge in [0.15, 0.2) is 11.5 Å². The van der Waals surface area contributed by atoms with Crippen molar-refractivity contribution in [1.29, 1.82) is 0 Å². The lowest BCUT2D eigenvalue weighted by Gasteiger charge is -2.07. The number of aromatic nitrogens is 3. The highest BCUT2D eigenvalue weighted by atomic mass is 19.1. The SMILES string of the molecule is CC.CN=C/C(=C\N)c1cc(F)c2ncc(C(=O)c3ccc4ncccc4c3)n2c1. The lowest BCUT2D eigenvalue weighted by molar-refractivity contribution is 0.103. The molecule has 152 valence electrons. The lowest BCUT2D eigenvalue weighted by atomic mass is 10.1. The van der Waals surface area contributed by atoms with Crippen LogP contribution < -0.4 is 5.73 Å². The van der Waals surface area contributed by atoms with Crippen molar-refractivity contribution in [3.05, 3.63) is 83.8 Å². The molecule has 4 aromatic rings. The molecule has 3 aromatic heterocycles. The summed E-state index contributed by atoms with van der Waals surface area (Å²) >= 11 is 0. The number of fused-ring (bicyclic) bond motifs is 2. The number of benzene rings is 1. The zero-order chi connectivity index (χ0) is 21.7. The number of aliphatic imine (C=N–C) groups is 1. The Morgan fingerprint density at radius 2 is 1.97 bits per heavy atom. The number of hydrogen-bond donors (Lipinski definition) is 1. The molecule has 0 bridgehead atoms. The number of rotatable bonds is 4. The number of pyridine rings is 2. The van der Waals surface area contributed by atoms with E-state index in [0.29, 0.717) is 16.7 Å². The first kappa shape index (κ1) is 20.9. The second-order valence-electron chi connectivity index (χ2n) is 6.16. The molecule has 0 saturated heterocycles. The summed E-state index contributed by atoms with van der Waals surface area (Å²) < 4.78 is 16.0. The summed E-state index contributed by atoms with van der Waals surface area (Å²) in [6, 6.07) is 10.3. The van der Waals surface area contributed by atoms with Gasteiger partial charge in [-0.3, -0.25) is 19.2 Å². The Labute approximate surface area is 173 Å². The molecule has 0 spiro atoms. The highest BCUT2D eigenvalue weighted by Crippen LogP contribution is 2.21. The maximum atomic E-state index is 14.6. The number of allylic oxidation sites excluding steroid dienone is 1. The zero-order valence-electron chi connectivity index (χ0n) is 17.0. The lowest BCUT2D eigenvalue weighted by Crippen LogP contribution is -2.07. The van der Waals surface area contributed by atoms with E-state index >= 15 is 0 Å².